The monoisotopic (exact) mass is 131 g/mol. The third-order valence-electron chi connectivity index (χ3n) is 1.81. The predicted molar refractivity (Wildman–Crippen MR) is 37.9 cm³/mol. The van der Waals surface area contributed by atoms with E-state index in [0.29, 0.717) is 0 Å². The van der Waals surface area contributed by atoms with Gasteiger partial charge in [-0.2, -0.15) is 0 Å². The van der Waals surface area contributed by atoms with Crippen molar-refractivity contribution in [1.29, 1.82) is 0 Å². The summed E-state index contributed by atoms with van der Waals surface area (Å²) < 4.78 is 0. The molecule has 0 saturated heterocycles. The third kappa shape index (κ3) is 1.97. The topological polar surface area (TPSA) is 19.9 Å². The van der Waals surface area contributed by atoms with E-state index in [9.17, 15) is 4.80 Å². The molecule has 49 valence electrons. The van der Waals surface area contributed by atoms with E-state index in [0.717, 1.165) is 0 Å². The first kappa shape index (κ1) is 8.18. The Kier molecular flexibility index (Phi) is 1.89. The molecule has 0 aromatic heterocycles. The molecule has 1 radical (unpaired) electrons. The summed E-state index contributed by atoms with van der Waals surface area (Å²) in [5.41, 5.74) is 0. The lowest BCUT2D eigenvalue weighted by Crippen LogP contribution is -2.35. The summed E-state index contributed by atoms with van der Waals surface area (Å²) in [5, 5.41) is 0.0208. The van der Waals surface area contributed by atoms with Gasteiger partial charge in [-0.15, -0.1) is 0 Å². The second-order valence-corrected chi connectivity index (χ2v) is 8.28. The molecule has 0 aliphatic rings. The van der Waals surface area contributed by atoms with Crippen molar-refractivity contribution in [2.45, 2.75) is 38.9 Å². The molecule has 0 N–H and O–H groups in total. The lowest BCUT2D eigenvalue weighted by Gasteiger charge is -2.27. The van der Waals surface area contributed by atoms with Gasteiger partial charge >= 0.3 is 0 Å². The smallest absolute Gasteiger partial charge is 0.236 e. The van der Waals surface area contributed by atoms with E-state index in [2.05, 4.69) is 0 Å². The van der Waals surface area contributed by atoms with E-state index in [-0.39, 0.29) is 5.04 Å². The zero-order valence-corrected chi connectivity index (χ0v) is 7.41. The fourth-order valence-electron chi connectivity index (χ4n) is 0. The van der Waals surface area contributed by atoms with Gasteiger partial charge in [0.05, 0.1) is 0 Å². The maximum absolute atomic E-state index is 11.3. The van der Waals surface area contributed by atoms with Gasteiger partial charge in [-0.05, 0) is 18.1 Å². The summed E-state index contributed by atoms with van der Waals surface area (Å²) in [6.45, 7) is 9.77. The third-order valence-corrected chi connectivity index (χ3v) is 5.42. The Morgan fingerprint density at radius 2 is 1.25 bits per heavy atom. The predicted octanol–water partition coefficient (Wildman–Crippen LogP) is 2.42. The minimum Gasteiger partial charge on any atom is -0.297 e. The van der Waals surface area contributed by atoms with Gasteiger partial charge in [0, 0.05) is 0 Å². The molecule has 0 amide bonds. The molecule has 0 fully saturated rings. The van der Waals surface area contributed by atoms with Crippen molar-refractivity contribution in [3.05, 3.63) is 0 Å². The van der Waals surface area contributed by atoms with E-state index < -0.39 is 8.32 Å². The number of rotatable bonds is 0. The molecule has 8 heavy (non-hydrogen) atoms. The van der Waals surface area contributed by atoms with Gasteiger partial charge in [0.1, 0.15) is 0 Å². The summed E-state index contributed by atoms with van der Waals surface area (Å²) >= 11 is 0. The van der Waals surface area contributed by atoms with Crippen molar-refractivity contribution in [3.8, 4) is 0 Å². The second-order valence-electron chi connectivity index (χ2n) is 3.76. The lowest BCUT2D eigenvalue weighted by atomic mass is 10.2. The van der Waals surface area contributed by atoms with Gasteiger partial charge in [-0.1, -0.05) is 20.8 Å². The van der Waals surface area contributed by atoms with Crippen LogP contribution in [0.4, 0.5) is 0 Å². The number of hydrogen-bond donors (Lipinski definition) is 0. The Labute approximate surface area is 52.9 Å². The Bertz CT molecular complexity index is 63.5. The molecule has 2 heteroatoms. The normalized spacial score (nSPS) is 14.2. The van der Waals surface area contributed by atoms with Gasteiger partial charge < -0.3 is 0 Å². The highest BCUT2D eigenvalue weighted by Gasteiger charge is 2.35. The van der Waals surface area contributed by atoms with Crippen LogP contribution in [0.3, 0.4) is 0 Å². The van der Waals surface area contributed by atoms with Crippen molar-refractivity contribution < 1.29 is 4.80 Å². The maximum atomic E-state index is 11.3. The van der Waals surface area contributed by atoms with Gasteiger partial charge in [-0.25, -0.2) is 0 Å². The van der Waals surface area contributed by atoms with Crippen LogP contribution < -0.4 is 0 Å². The maximum Gasteiger partial charge on any atom is 0.236 e. The molecule has 0 aliphatic heterocycles. The average molecular weight is 131 g/mol. The summed E-state index contributed by atoms with van der Waals surface area (Å²) in [7, 11) is -2.11. The summed E-state index contributed by atoms with van der Waals surface area (Å²) in [5.74, 6) is 0. The van der Waals surface area contributed by atoms with Crippen molar-refractivity contribution >= 4 is 8.32 Å². The Morgan fingerprint density at radius 1 is 1.12 bits per heavy atom. The van der Waals surface area contributed by atoms with E-state index in [1.807, 2.05) is 33.9 Å². The zero-order chi connectivity index (χ0) is 7.00. The molecular formula is C6H15OSi. The van der Waals surface area contributed by atoms with Crippen LogP contribution in [0.15, 0.2) is 0 Å². The summed E-state index contributed by atoms with van der Waals surface area (Å²) in [6, 6.07) is 0. The highest BCUT2D eigenvalue weighted by Crippen LogP contribution is 2.33. The van der Waals surface area contributed by atoms with Gasteiger partial charge in [0.25, 0.3) is 0 Å². The first-order valence-electron chi connectivity index (χ1n) is 2.95. The van der Waals surface area contributed by atoms with Gasteiger partial charge in [0.15, 0.2) is 0 Å². The summed E-state index contributed by atoms with van der Waals surface area (Å²) in [4.78, 5) is 11.3. The molecule has 0 aromatic carbocycles. The van der Waals surface area contributed by atoms with E-state index >= 15 is 0 Å². The molecule has 0 rings (SSSR count). The van der Waals surface area contributed by atoms with Crippen LogP contribution in [-0.2, 0) is 4.80 Å². The highest BCUT2D eigenvalue weighted by molar-refractivity contribution is 6.72. The van der Waals surface area contributed by atoms with Crippen molar-refractivity contribution in [3.63, 3.8) is 0 Å². The minimum absolute atomic E-state index is 0.0208. The van der Waals surface area contributed by atoms with Crippen LogP contribution in [0.25, 0.3) is 0 Å². The van der Waals surface area contributed by atoms with Gasteiger partial charge in [0.2, 0.25) is 8.32 Å². The number of hydrogen-bond acceptors (Lipinski definition) is 0. The van der Waals surface area contributed by atoms with E-state index in [1.54, 1.807) is 0 Å². The Hall–Kier alpha value is 0.177. The van der Waals surface area contributed by atoms with Crippen molar-refractivity contribution in [2.75, 3.05) is 0 Å². The lowest BCUT2D eigenvalue weighted by molar-refractivity contribution is 0.390. The molecule has 0 heterocycles. The molecule has 0 saturated carbocycles. The average Bonchev–Trinajstić information content (AvgIpc) is 1.25. The van der Waals surface area contributed by atoms with Crippen LogP contribution in [-0.4, -0.2) is 8.32 Å². The fourth-order valence-corrected chi connectivity index (χ4v) is 0. The van der Waals surface area contributed by atoms with Gasteiger partial charge in [-0.3, -0.25) is 4.80 Å². The second kappa shape index (κ2) is 1.85. The molecule has 0 bridgehead atoms. The van der Waals surface area contributed by atoms with Crippen molar-refractivity contribution in [2.24, 2.45) is 0 Å². The Morgan fingerprint density at radius 3 is 1.25 bits per heavy atom. The molecule has 0 aromatic rings. The van der Waals surface area contributed by atoms with Crippen molar-refractivity contribution in [1.82, 2.24) is 0 Å². The highest BCUT2D eigenvalue weighted by atomic mass is 28.4. The minimum atomic E-state index is -2.11. The standard InChI is InChI=1S/C6H15OSi/c1-6(2,3)8(4,5)7/h1-5H3. The SMILES string of the molecule is CC(C)(C)[Si](C)(C)[O]. The van der Waals surface area contributed by atoms with Crippen LogP contribution in [0.5, 0.6) is 0 Å². The van der Waals surface area contributed by atoms with Crippen LogP contribution in [0.1, 0.15) is 20.8 Å². The molecule has 1 nitrogen and oxygen atoms in total. The molecule has 0 atom stereocenters. The molecular weight excluding hydrogens is 116 g/mol. The van der Waals surface area contributed by atoms with E-state index in [4.69, 9.17) is 0 Å². The first-order valence-corrected chi connectivity index (χ1v) is 5.86. The quantitative estimate of drug-likeness (QED) is 0.450. The fraction of sp³-hybridized carbons (Fsp3) is 1.00. The first-order chi connectivity index (χ1) is 3.25. The Balaban J connectivity index is 4.02. The largest absolute Gasteiger partial charge is 0.297 e. The molecule has 0 aliphatic carbocycles. The van der Waals surface area contributed by atoms with E-state index in [1.165, 1.54) is 0 Å². The van der Waals surface area contributed by atoms with Crippen LogP contribution in [0.2, 0.25) is 18.1 Å². The van der Waals surface area contributed by atoms with Crippen LogP contribution >= 0.6 is 0 Å². The molecule has 0 spiro atoms. The zero-order valence-electron chi connectivity index (χ0n) is 6.41. The summed E-state index contributed by atoms with van der Waals surface area (Å²) in [6.07, 6.45) is 0. The van der Waals surface area contributed by atoms with Crippen LogP contribution in [0, 0.1) is 0 Å². The molecule has 0 unspecified atom stereocenters.